The highest BCUT2D eigenvalue weighted by molar-refractivity contribution is 5.81. The first-order chi connectivity index (χ1) is 16.1. The van der Waals surface area contributed by atoms with Gasteiger partial charge in [0.1, 0.15) is 6.54 Å². The second-order valence-electron chi connectivity index (χ2n) is 7.74. The van der Waals surface area contributed by atoms with Crippen molar-refractivity contribution in [2.24, 2.45) is 0 Å². The fourth-order valence-electron chi connectivity index (χ4n) is 3.90. The predicted octanol–water partition coefficient (Wildman–Crippen LogP) is 1.84. The van der Waals surface area contributed by atoms with Gasteiger partial charge in [0, 0.05) is 26.2 Å². The molecule has 0 saturated carbocycles. The van der Waals surface area contributed by atoms with E-state index in [4.69, 9.17) is 4.74 Å². The Morgan fingerprint density at radius 3 is 2.42 bits per heavy atom. The van der Waals surface area contributed by atoms with Gasteiger partial charge in [0.25, 0.3) is 5.56 Å². The van der Waals surface area contributed by atoms with Crippen molar-refractivity contribution in [1.29, 1.82) is 0 Å². The number of amides is 2. The molecule has 3 aromatic rings. The van der Waals surface area contributed by atoms with Gasteiger partial charge in [0.2, 0.25) is 0 Å². The van der Waals surface area contributed by atoms with Crippen molar-refractivity contribution >= 4 is 28.9 Å². The third-order valence-corrected chi connectivity index (χ3v) is 5.57. The number of nitrogens with zero attached hydrogens (tertiary/aromatic N) is 4. The van der Waals surface area contributed by atoms with Crippen LogP contribution < -0.4 is 15.8 Å². The number of carbonyl (C=O) groups is 2. The molecule has 9 nitrogen and oxygen atoms in total. The maximum Gasteiger partial charge on any atom is 0.325 e. The SMILES string of the molecule is CCOC(=O)CNC(=O)N1CCN(c2nc3ccccc3n(Cc3ccccc3)c2=O)CC1. The molecule has 0 radical (unpaired) electrons. The Balaban J connectivity index is 1.51. The van der Waals surface area contributed by atoms with Crippen LogP contribution in [0.15, 0.2) is 59.4 Å². The van der Waals surface area contributed by atoms with E-state index < -0.39 is 5.97 Å². The average molecular weight is 450 g/mol. The van der Waals surface area contributed by atoms with E-state index in [0.717, 1.165) is 16.6 Å². The van der Waals surface area contributed by atoms with E-state index >= 15 is 0 Å². The van der Waals surface area contributed by atoms with Gasteiger partial charge in [-0.3, -0.25) is 14.2 Å². The lowest BCUT2D eigenvalue weighted by Crippen LogP contribution is -2.53. The average Bonchev–Trinajstić information content (AvgIpc) is 2.85. The second kappa shape index (κ2) is 10.2. The van der Waals surface area contributed by atoms with Crippen molar-refractivity contribution in [2.75, 3.05) is 44.2 Å². The molecule has 172 valence electrons. The molecule has 2 amide bonds. The molecule has 1 aliphatic heterocycles. The van der Waals surface area contributed by atoms with Gasteiger partial charge in [0.15, 0.2) is 5.82 Å². The number of hydrogen-bond donors (Lipinski definition) is 1. The number of fused-ring (bicyclic) bond motifs is 1. The number of aromatic nitrogens is 2. The monoisotopic (exact) mass is 449 g/mol. The molecular weight excluding hydrogens is 422 g/mol. The maximum absolute atomic E-state index is 13.5. The van der Waals surface area contributed by atoms with Crippen LogP contribution in [-0.2, 0) is 16.1 Å². The minimum Gasteiger partial charge on any atom is -0.465 e. The first-order valence-corrected chi connectivity index (χ1v) is 11.0. The van der Waals surface area contributed by atoms with Crippen molar-refractivity contribution in [2.45, 2.75) is 13.5 Å². The molecule has 2 aromatic carbocycles. The Labute approximate surface area is 191 Å². The summed E-state index contributed by atoms with van der Waals surface area (Å²) < 4.78 is 6.59. The third kappa shape index (κ3) is 5.14. The van der Waals surface area contributed by atoms with Gasteiger partial charge in [-0.2, -0.15) is 0 Å². The zero-order valence-corrected chi connectivity index (χ0v) is 18.6. The quantitative estimate of drug-likeness (QED) is 0.577. The number of anilines is 1. The van der Waals surface area contributed by atoms with Crippen LogP contribution in [0.4, 0.5) is 10.6 Å². The summed E-state index contributed by atoms with van der Waals surface area (Å²) in [5.74, 6) is -0.0833. The van der Waals surface area contributed by atoms with Crippen molar-refractivity contribution in [3.8, 4) is 0 Å². The summed E-state index contributed by atoms with van der Waals surface area (Å²) in [6, 6.07) is 17.1. The Hall–Kier alpha value is -3.88. The molecule has 9 heteroatoms. The molecule has 1 saturated heterocycles. The number of ether oxygens (including phenoxy) is 1. The van der Waals surface area contributed by atoms with Gasteiger partial charge in [-0.15, -0.1) is 0 Å². The molecule has 0 aliphatic carbocycles. The summed E-state index contributed by atoms with van der Waals surface area (Å²) in [4.78, 5) is 45.5. The maximum atomic E-state index is 13.5. The highest BCUT2D eigenvalue weighted by Crippen LogP contribution is 2.17. The fraction of sp³-hybridized carbons (Fsp3) is 0.333. The molecule has 4 rings (SSSR count). The lowest BCUT2D eigenvalue weighted by Gasteiger charge is -2.35. The Morgan fingerprint density at radius 2 is 1.70 bits per heavy atom. The summed E-state index contributed by atoms with van der Waals surface area (Å²) in [6.07, 6.45) is 0. The van der Waals surface area contributed by atoms with E-state index in [2.05, 4.69) is 10.3 Å². The van der Waals surface area contributed by atoms with Crippen LogP contribution in [0.5, 0.6) is 0 Å². The number of urea groups is 1. The van der Waals surface area contributed by atoms with Gasteiger partial charge in [-0.05, 0) is 24.6 Å². The van der Waals surface area contributed by atoms with Gasteiger partial charge in [-0.1, -0.05) is 42.5 Å². The lowest BCUT2D eigenvalue weighted by molar-refractivity contribution is -0.141. The minimum atomic E-state index is -0.469. The molecule has 1 aliphatic rings. The first kappa shape index (κ1) is 22.3. The van der Waals surface area contributed by atoms with Crippen LogP contribution in [0, 0.1) is 0 Å². The molecule has 33 heavy (non-hydrogen) atoms. The zero-order chi connectivity index (χ0) is 23.2. The summed E-state index contributed by atoms with van der Waals surface area (Å²) in [6.45, 7) is 4.05. The summed E-state index contributed by atoms with van der Waals surface area (Å²) in [5.41, 5.74) is 2.41. The minimum absolute atomic E-state index is 0.155. The second-order valence-corrected chi connectivity index (χ2v) is 7.74. The molecule has 1 fully saturated rings. The summed E-state index contributed by atoms with van der Waals surface area (Å²) in [7, 11) is 0. The van der Waals surface area contributed by atoms with Crippen LogP contribution in [-0.4, -0.2) is 65.8 Å². The van der Waals surface area contributed by atoms with Crippen LogP contribution in [0.1, 0.15) is 12.5 Å². The Bertz CT molecular complexity index is 1190. The molecule has 0 unspecified atom stereocenters. The zero-order valence-electron chi connectivity index (χ0n) is 18.6. The molecule has 0 bridgehead atoms. The van der Waals surface area contributed by atoms with Crippen molar-refractivity contribution < 1.29 is 14.3 Å². The number of rotatable bonds is 6. The predicted molar refractivity (Wildman–Crippen MR) is 125 cm³/mol. The first-order valence-electron chi connectivity index (χ1n) is 11.0. The van der Waals surface area contributed by atoms with Gasteiger partial charge in [-0.25, -0.2) is 9.78 Å². The number of carbonyl (C=O) groups excluding carboxylic acids is 2. The van der Waals surface area contributed by atoms with Gasteiger partial charge < -0.3 is 19.9 Å². The van der Waals surface area contributed by atoms with Gasteiger partial charge in [0.05, 0.1) is 24.2 Å². The number of hydrogen-bond acceptors (Lipinski definition) is 6. The number of para-hydroxylation sites is 2. The van der Waals surface area contributed by atoms with E-state index in [-0.39, 0.29) is 24.7 Å². The van der Waals surface area contributed by atoms with Crippen LogP contribution >= 0.6 is 0 Å². The number of esters is 1. The van der Waals surface area contributed by atoms with E-state index in [1.807, 2.05) is 59.5 Å². The Kier molecular flexibility index (Phi) is 6.87. The number of nitrogens with one attached hydrogen (secondary N) is 1. The van der Waals surface area contributed by atoms with Crippen molar-refractivity contribution in [3.05, 3.63) is 70.5 Å². The van der Waals surface area contributed by atoms with Crippen LogP contribution in [0.25, 0.3) is 11.0 Å². The lowest BCUT2D eigenvalue weighted by atomic mass is 10.2. The fourth-order valence-corrected chi connectivity index (χ4v) is 3.90. The third-order valence-electron chi connectivity index (χ3n) is 5.57. The van der Waals surface area contributed by atoms with Crippen molar-refractivity contribution in [3.63, 3.8) is 0 Å². The number of benzene rings is 2. The molecule has 1 N–H and O–H groups in total. The highest BCUT2D eigenvalue weighted by atomic mass is 16.5. The van der Waals surface area contributed by atoms with Crippen LogP contribution in [0.2, 0.25) is 0 Å². The smallest absolute Gasteiger partial charge is 0.325 e. The molecular formula is C24H27N5O4. The summed E-state index contributed by atoms with van der Waals surface area (Å²) in [5, 5.41) is 2.58. The molecule has 2 heterocycles. The molecule has 0 spiro atoms. The van der Waals surface area contributed by atoms with Gasteiger partial charge >= 0.3 is 12.0 Å². The topological polar surface area (TPSA) is 96.8 Å². The highest BCUT2D eigenvalue weighted by Gasteiger charge is 2.25. The molecule has 0 atom stereocenters. The van der Waals surface area contributed by atoms with E-state index in [1.165, 1.54) is 0 Å². The normalized spacial score (nSPS) is 13.7. The van der Waals surface area contributed by atoms with Crippen molar-refractivity contribution in [1.82, 2.24) is 19.8 Å². The number of piperazine rings is 1. The molecule has 1 aromatic heterocycles. The van der Waals surface area contributed by atoms with E-state index in [1.54, 1.807) is 16.4 Å². The Morgan fingerprint density at radius 1 is 1.00 bits per heavy atom. The summed E-state index contributed by atoms with van der Waals surface area (Å²) >= 11 is 0. The van der Waals surface area contributed by atoms with E-state index in [9.17, 15) is 14.4 Å². The van der Waals surface area contributed by atoms with Crippen LogP contribution in [0.3, 0.4) is 0 Å². The largest absolute Gasteiger partial charge is 0.465 e. The van der Waals surface area contributed by atoms with E-state index in [0.29, 0.717) is 38.5 Å². The standard InChI is InChI=1S/C24H27N5O4/c1-2-33-21(30)16-25-24(32)28-14-12-27(13-15-28)22-23(31)29(17-18-8-4-3-5-9-18)20-11-7-6-10-19(20)26-22/h3-11H,2,12-17H2,1H3,(H,25,32).